The molecule has 0 aliphatic heterocycles. The minimum Gasteiger partial charge on any atom is -0.357 e. The normalized spacial score (nSPS) is 11.7. The minimum absolute atomic E-state index is 0.0648. The van der Waals surface area contributed by atoms with Gasteiger partial charge in [0.2, 0.25) is 10.0 Å². The lowest BCUT2D eigenvalue weighted by molar-refractivity contribution is 0.0959. The third kappa shape index (κ3) is 3.30. The molecule has 0 bridgehead atoms. The average Bonchev–Trinajstić information content (AvgIpc) is 3.34. The molecule has 3 aromatic heterocycles. The highest BCUT2D eigenvalue weighted by Crippen LogP contribution is 2.29. The van der Waals surface area contributed by atoms with Gasteiger partial charge < -0.3 is 16.1 Å². The standard InChI is InChI=1S/C17H16N8O3S/c1-20-17(26)12-6-10(7-21-12)13-14-16(25(18)8-22-14)24-15(23-13)9-3-2-4-11(5-9)29(19,27)28/h2-8,21H,18H2,1H3,(H,20,26)(H2,19,27,28). The number of H-pyrrole nitrogens is 1. The van der Waals surface area contributed by atoms with E-state index >= 15 is 0 Å². The minimum atomic E-state index is -3.89. The van der Waals surface area contributed by atoms with Crippen molar-refractivity contribution < 1.29 is 13.2 Å². The van der Waals surface area contributed by atoms with Gasteiger partial charge in [0.1, 0.15) is 23.2 Å². The zero-order valence-electron chi connectivity index (χ0n) is 15.1. The summed E-state index contributed by atoms with van der Waals surface area (Å²) < 4.78 is 24.6. The molecule has 1 aromatic carbocycles. The maximum Gasteiger partial charge on any atom is 0.267 e. The Morgan fingerprint density at radius 2 is 2.00 bits per heavy atom. The second kappa shape index (κ2) is 6.68. The van der Waals surface area contributed by atoms with E-state index in [1.807, 2.05) is 0 Å². The number of primary sulfonamides is 1. The Balaban J connectivity index is 1.93. The number of amides is 1. The van der Waals surface area contributed by atoms with Gasteiger partial charge in [-0.15, -0.1) is 0 Å². The fourth-order valence-corrected chi connectivity index (χ4v) is 3.42. The van der Waals surface area contributed by atoms with E-state index in [1.54, 1.807) is 24.4 Å². The predicted molar refractivity (Wildman–Crippen MR) is 105 cm³/mol. The predicted octanol–water partition coefficient (Wildman–Crippen LogP) is 0.209. The van der Waals surface area contributed by atoms with Crippen molar-refractivity contribution in [3.8, 4) is 22.6 Å². The smallest absolute Gasteiger partial charge is 0.267 e. The largest absolute Gasteiger partial charge is 0.357 e. The number of nitrogens with one attached hydrogen (secondary N) is 2. The molecule has 0 aliphatic carbocycles. The molecule has 29 heavy (non-hydrogen) atoms. The first-order valence-corrected chi connectivity index (χ1v) is 9.87. The number of nitrogen functional groups attached to an aromatic ring is 1. The van der Waals surface area contributed by atoms with Crippen LogP contribution >= 0.6 is 0 Å². The van der Waals surface area contributed by atoms with Gasteiger partial charge in [0.05, 0.1) is 4.90 Å². The van der Waals surface area contributed by atoms with Gasteiger partial charge in [-0.3, -0.25) is 4.79 Å². The number of aromatic nitrogens is 5. The molecule has 0 atom stereocenters. The van der Waals surface area contributed by atoms with Crippen LogP contribution in [0.3, 0.4) is 0 Å². The Labute approximate surface area is 164 Å². The molecule has 0 radical (unpaired) electrons. The fraction of sp³-hybridized carbons (Fsp3) is 0.0588. The molecule has 0 spiro atoms. The summed E-state index contributed by atoms with van der Waals surface area (Å²) in [4.78, 5) is 27.9. The van der Waals surface area contributed by atoms with Gasteiger partial charge in [-0.2, -0.15) is 0 Å². The van der Waals surface area contributed by atoms with Crippen molar-refractivity contribution in [2.24, 2.45) is 5.14 Å². The summed E-state index contributed by atoms with van der Waals surface area (Å²) in [5.74, 6) is 5.86. The lowest BCUT2D eigenvalue weighted by Gasteiger charge is -2.06. The molecule has 0 saturated heterocycles. The topological polar surface area (TPSA) is 175 Å². The molecule has 4 rings (SSSR count). The van der Waals surface area contributed by atoms with Crippen LogP contribution in [0.25, 0.3) is 33.8 Å². The summed E-state index contributed by atoms with van der Waals surface area (Å²) in [7, 11) is -2.37. The highest BCUT2D eigenvalue weighted by Gasteiger charge is 2.18. The number of hydrogen-bond acceptors (Lipinski definition) is 7. The lowest BCUT2D eigenvalue weighted by atomic mass is 10.1. The van der Waals surface area contributed by atoms with Crippen molar-refractivity contribution in [1.82, 2.24) is 29.9 Å². The Bertz CT molecular complexity index is 1360. The number of sulfonamides is 1. The first-order valence-electron chi connectivity index (χ1n) is 8.32. The van der Waals surface area contributed by atoms with Crippen LogP contribution in [0.5, 0.6) is 0 Å². The summed E-state index contributed by atoms with van der Waals surface area (Å²) in [5, 5.41) is 7.76. The second-order valence-electron chi connectivity index (χ2n) is 6.17. The fourth-order valence-electron chi connectivity index (χ4n) is 2.86. The molecule has 148 valence electrons. The number of carbonyl (C=O) groups excluding carboxylic acids is 1. The maximum atomic E-state index is 11.9. The van der Waals surface area contributed by atoms with E-state index in [4.69, 9.17) is 11.0 Å². The summed E-state index contributed by atoms with van der Waals surface area (Å²) >= 11 is 0. The van der Waals surface area contributed by atoms with E-state index in [9.17, 15) is 13.2 Å². The third-order valence-electron chi connectivity index (χ3n) is 4.27. The van der Waals surface area contributed by atoms with Gasteiger partial charge in [0.15, 0.2) is 11.5 Å². The number of nitrogens with zero attached hydrogens (tertiary/aromatic N) is 4. The molecular weight excluding hydrogens is 396 g/mol. The monoisotopic (exact) mass is 412 g/mol. The summed E-state index contributed by atoms with van der Waals surface area (Å²) in [5.41, 5.74) is 2.58. The van der Waals surface area contributed by atoms with Crippen molar-refractivity contribution >= 4 is 27.1 Å². The highest BCUT2D eigenvalue weighted by atomic mass is 32.2. The molecular formula is C17H16N8O3S. The van der Waals surface area contributed by atoms with Crippen LogP contribution in [-0.2, 0) is 10.0 Å². The molecule has 12 heteroatoms. The number of benzene rings is 1. The number of nitrogens with two attached hydrogens (primary N) is 2. The number of rotatable bonds is 4. The number of carbonyl (C=O) groups is 1. The molecule has 11 nitrogen and oxygen atoms in total. The molecule has 0 unspecified atom stereocenters. The lowest BCUT2D eigenvalue weighted by Crippen LogP contribution is -2.17. The molecule has 4 aromatic rings. The quantitative estimate of drug-likeness (QED) is 0.346. The van der Waals surface area contributed by atoms with E-state index in [0.29, 0.717) is 33.7 Å². The molecule has 0 aliphatic rings. The van der Waals surface area contributed by atoms with Crippen molar-refractivity contribution in [2.45, 2.75) is 4.90 Å². The van der Waals surface area contributed by atoms with E-state index in [-0.39, 0.29) is 16.6 Å². The summed E-state index contributed by atoms with van der Waals surface area (Å²) in [6, 6.07) is 7.59. The summed E-state index contributed by atoms with van der Waals surface area (Å²) in [6.07, 6.45) is 3.01. The molecule has 3 heterocycles. The Hall–Kier alpha value is -3.77. The number of hydrogen-bond donors (Lipinski definition) is 4. The van der Waals surface area contributed by atoms with Gasteiger partial charge in [-0.25, -0.2) is 33.2 Å². The maximum absolute atomic E-state index is 11.9. The SMILES string of the molecule is CNC(=O)c1cc(-c2nc(-c3cccc(S(N)(=O)=O)c3)nc3c2ncn3N)c[nH]1. The second-order valence-corrected chi connectivity index (χ2v) is 7.74. The van der Waals surface area contributed by atoms with Gasteiger partial charge >= 0.3 is 0 Å². The first-order chi connectivity index (χ1) is 13.8. The van der Waals surface area contributed by atoms with Crippen LogP contribution < -0.4 is 16.3 Å². The van der Waals surface area contributed by atoms with Crippen LogP contribution in [-0.4, -0.2) is 46.0 Å². The van der Waals surface area contributed by atoms with Crippen molar-refractivity contribution in [2.75, 3.05) is 12.9 Å². The highest BCUT2D eigenvalue weighted by molar-refractivity contribution is 7.89. The van der Waals surface area contributed by atoms with Gasteiger partial charge in [-0.1, -0.05) is 12.1 Å². The molecule has 6 N–H and O–H groups in total. The van der Waals surface area contributed by atoms with Crippen LogP contribution in [0.4, 0.5) is 0 Å². The Kier molecular flexibility index (Phi) is 4.28. The first kappa shape index (κ1) is 18.6. The van der Waals surface area contributed by atoms with Gasteiger partial charge in [0, 0.05) is 24.4 Å². The van der Waals surface area contributed by atoms with Crippen LogP contribution in [0.1, 0.15) is 10.5 Å². The van der Waals surface area contributed by atoms with Crippen molar-refractivity contribution in [1.29, 1.82) is 0 Å². The van der Waals surface area contributed by atoms with E-state index in [0.717, 1.165) is 0 Å². The van der Waals surface area contributed by atoms with Crippen molar-refractivity contribution in [3.63, 3.8) is 0 Å². The Morgan fingerprint density at radius 3 is 2.72 bits per heavy atom. The Morgan fingerprint density at radius 1 is 1.21 bits per heavy atom. The summed E-state index contributed by atoms with van der Waals surface area (Å²) in [6.45, 7) is 0. The van der Waals surface area contributed by atoms with Crippen molar-refractivity contribution in [3.05, 3.63) is 48.5 Å². The number of imidazole rings is 1. The molecule has 0 fully saturated rings. The zero-order valence-corrected chi connectivity index (χ0v) is 15.9. The molecule has 0 saturated carbocycles. The van der Waals surface area contributed by atoms with Crippen LogP contribution in [0.2, 0.25) is 0 Å². The zero-order chi connectivity index (χ0) is 20.8. The average molecular weight is 412 g/mol. The van der Waals surface area contributed by atoms with Crippen LogP contribution in [0, 0.1) is 0 Å². The van der Waals surface area contributed by atoms with Gasteiger partial charge in [0.25, 0.3) is 5.91 Å². The number of aromatic amines is 1. The van der Waals surface area contributed by atoms with E-state index in [1.165, 1.54) is 30.2 Å². The third-order valence-corrected chi connectivity index (χ3v) is 5.18. The van der Waals surface area contributed by atoms with Crippen LogP contribution in [0.15, 0.2) is 47.8 Å². The number of fused-ring (bicyclic) bond motifs is 1. The van der Waals surface area contributed by atoms with E-state index in [2.05, 4.69) is 25.3 Å². The van der Waals surface area contributed by atoms with Gasteiger partial charge in [-0.05, 0) is 18.2 Å². The van der Waals surface area contributed by atoms with E-state index < -0.39 is 10.0 Å². The molecule has 1 amide bonds.